The van der Waals surface area contributed by atoms with Crippen molar-refractivity contribution in [3.05, 3.63) is 23.4 Å². The van der Waals surface area contributed by atoms with Gasteiger partial charge in [0.2, 0.25) is 17.6 Å². The van der Waals surface area contributed by atoms with Gasteiger partial charge in [-0.25, -0.2) is 0 Å². The summed E-state index contributed by atoms with van der Waals surface area (Å²) in [5, 5.41) is 5.99. The summed E-state index contributed by atoms with van der Waals surface area (Å²) in [7, 11) is 0. The van der Waals surface area contributed by atoms with E-state index in [4.69, 9.17) is 10.3 Å². The molecule has 0 bridgehead atoms. The van der Waals surface area contributed by atoms with Crippen LogP contribution in [0.2, 0.25) is 0 Å². The molecule has 1 amide bonds. The zero-order valence-electron chi connectivity index (χ0n) is 12.8. The lowest BCUT2D eigenvalue weighted by atomic mass is 10.2. The third-order valence-electron chi connectivity index (χ3n) is 3.64. The van der Waals surface area contributed by atoms with Crippen molar-refractivity contribution in [1.82, 2.24) is 19.9 Å². The second kappa shape index (κ2) is 7.87. The van der Waals surface area contributed by atoms with E-state index in [1.807, 2.05) is 22.4 Å². The predicted octanol–water partition coefficient (Wildman–Crippen LogP) is 1.21. The first kappa shape index (κ1) is 17.9. The van der Waals surface area contributed by atoms with Crippen LogP contribution in [-0.2, 0) is 11.3 Å². The quantitative estimate of drug-likeness (QED) is 0.884. The molecule has 126 valence electrons. The molecule has 2 aromatic rings. The van der Waals surface area contributed by atoms with Crippen molar-refractivity contribution in [2.24, 2.45) is 5.73 Å². The smallest absolute Gasteiger partial charge is 0.241 e. The molecule has 1 aliphatic rings. The minimum atomic E-state index is -0.434. The molecule has 1 aliphatic heterocycles. The summed E-state index contributed by atoms with van der Waals surface area (Å²) in [6, 6.07) is 3.50. The molecule has 0 spiro atoms. The van der Waals surface area contributed by atoms with Gasteiger partial charge in [0.25, 0.3) is 0 Å². The van der Waals surface area contributed by atoms with Crippen molar-refractivity contribution >= 4 is 29.7 Å². The number of hydrogen-bond donors (Lipinski definition) is 1. The van der Waals surface area contributed by atoms with Crippen LogP contribution in [0.15, 0.2) is 22.0 Å². The molecule has 2 aromatic heterocycles. The largest absolute Gasteiger partial charge is 0.339 e. The number of carbonyl (C=O) groups excluding carboxylic acids is 1. The monoisotopic (exact) mass is 357 g/mol. The van der Waals surface area contributed by atoms with Crippen LogP contribution in [0.5, 0.6) is 0 Å². The van der Waals surface area contributed by atoms with Crippen molar-refractivity contribution in [3.63, 3.8) is 0 Å². The number of piperazine rings is 1. The van der Waals surface area contributed by atoms with Crippen LogP contribution in [0.1, 0.15) is 12.8 Å². The van der Waals surface area contributed by atoms with E-state index in [1.165, 1.54) is 0 Å². The van der Waals surface area contributed by atoms with Crippen LogP contribution < -0.4 is 5.73 Å². The average Bonchev–Trinajstić information content (AvgIpc) is 3.18. The van der Waals surface area contributed by atoms with Crippen molar-refractivity contribution in [2.75, 3.05) is 26.2 Å². The Morgan fingerprint density at radius 1 is 1.43 bits per heavy atom. The Labute approximate surface area is 144 Å². The van der Waals surface area contributed by atoms with E-state index in [0.29, 0.717) is 31.3 Å². The highest BCUT2D eigenvalue weighted by Crippen LogP contribution is 2.21. The molecule has 2 N–H and O–H groups in total. The van der Waals surface area contributed by atoms with Crippen LogP contribution >= 0.6 is 23.7 Å². The number of nitrogens with zero attached hydrogens (tertiary/aromatic N) is 4. The van der Waals surface area contributed by atoms with Gasteiger partial charge in [-0.3, -0.25) is 9.69 Å². The summed E-state index contributed by atoms with van der Waals surface area (Å²) in [4.78, 5) is 21.3. The Kier molecular flexibility index (Phi) is 6.11. The summed E-state index contributed by atoms with van der Waals surface area (Å²) in [6.07, 6.45) is 0. The highest BCUT2D eigenvalue weighted by molar-refractivity contribution is 7.13. The second-order valence-electron chi connectivity index (χ2n) is 5.38. The fourth-order valence-electron chi connectivity index (χ4n) is 2.43. The second-order valence-corrected chi connectivity index (χ2v) is 6.33. The highest BCUT2D eigenvalue weighted by atomic mass is 35.5. The first-order valence-electron chi connectivity index (χ1n) is 7.26. The normalized spacial score (nSPS) is 16.9. The maximum absolute atomic E-state index is 11.8. The van der Waals surface area contributed by atoms with E-state index in [2.05, 4.69) is 15.0 Å². The standard InChI is InChI=1S/C14H19N5O2S.ClH/c1-10(15)14(20)19-6-4-18(5-7-19)9-12-16-13(17-21-12)11-3-2-8-22-11;/h2-3,8,10H,4-7,9,15H2,1H3;1H. The molecule has 0 aliphatic carbocycles. The first-order valence-corrected chi connectivity index (χ1v) is 8.14. The van der Waals surface area contributed by atoms with E-state index in [-0.39, 0.29) is 18.3 Å². The number of thiophene rings is 1. The minimum Gasteiger partial charge on any atom is -0.339 e. The van der Waals surface area contributed by atoms with Gasteiger partial charge in [0.05, 0.1) is 17.5 Å². The Morgan fingerprint density at radius 3 is 2.78 bits per heavy atom. The summed E-state index contributed by atoms with van der Waals surface area (Å²) < 4.78 is 5.31. The number of aromatic nitrogens is 2. The van der Waals surface area contributed by atoms with E-state index < -0.39 is 6.04 Å². The molecule has 3 heterocycles. The van der Waals surface area contributed by atoms with Gasteiger partial charge < -0.3 is 15.2 Å². The maximum atomic E-state index is 11.8. The first-order chi connectivity index (χ1) is 10.6. The number of carbonyl (C=O) groups is 1. The number of nitrogens with two attached hydrogens (primary N) is 1. The Bertz CT molecular complexity index is 623. The molecule has 23 heavy (non-hydrogen) atoms. The van der Waals surface area contributed by atoms with Crippen LogP contribution in [0.3, 0.4) is 0 Å². The van der Waals surface area contributed by atoms with Gasteiger partial charge in [-0.1, -0.05) is 11.2 Å². The molecular weight excluding hydrogens is 338 g/mol. The number of amides is 1. The summed E-state index contributed by atoms with van der Waals surface area (Å²) in [5.74, 6) is 1.25. The molecule has 9 heteroatoms. The van der Waals surface area contributed by atoms with Crippen LogP contribution in [-0.4, -0.2) is 58.1 Å². The van der Waals surface area contributed by atoms with Crippen LogP contribution in [0.4, 0.5) is 0 Å². The van der Waals surface area contributed by atoms with Gasteiger partial charge in [0.15, 0.2) is 0 Å². The predicted molar refractivity (Wildman–Crippen MR) is 90.4 cm³/mol. The molecular formula is C14H20ClN5O2S. The molecule has 7 nitrogen and oxygen atoms in total. The molecule has 0 aromatic carbocycles. The lowest BCUT2D eigenvalue weighted by Crippen LogP contribution is -2.52. The minimum absolute atomic E-state index is 0. The van der Waals surface area contributed by atoms with Crippen molar-refractivity contribution < 1.29 is 9.32 Å². The molecule has 1 atom stereocenters. The van der Waals surface area contributed by atoms with E-state index in [1.54, 1.807) is 18.3 Å². The van der Waals surface area contributed by atoms with Gasteiger partial charge in [0, 0.05) is 26.2 Å². The van der Waals surface area contributed by atoms with Gasteiger partial charge in [-0.05, 0) is 18.4 Å². The zero-order valence-corrected chi connectivity index (χ0v) is 14.5. The third-order valence-corrected chi connectivity index (χ3v) is 4.51. The number of halogens is 1. The molecule has 1 fully saturated rings. The highest BCUT2D eigenvalue weighted by Gasteiger charge is 2.24. The van der Waals surface area contributed by atoms with E-state index in [0.717, 1.165) is 18.0 Å². The van der Waals surface area contributed by atoms with E-state index >= 15 is 0 Å². The maximum Gasteiger partial charge on any atom is 0.241 e. The van der Waals surface area contributed by atoms with Crippen molar-refractivity contribution in [2.45, 2.75) is 19.5 Å². The number of hydrogen-bond acceptors (Lipinski definition) is 7. The fourth-order valence-corrected chi connectivity index (χ4v) is 3.08. The Hall–Kier alpha value is -1.48. The van der Waals surface area contributed by atoms with Crippen molar-refractivity contribution in [1.29, 1.82) is 0 Å². The fraction of sp³-hybridized carbons (Fsp3) is 0.500. The van der Waals surface area contributed by atoms with Gasteiger partial charge in [-0.15, -0.1) is 23.7 Å². The summed E-state index contributed by atoms with van der Waals surface area (Å²) in [6.45, 7) is 5.28. The molecule has 3 rings (SSSR count). The van der Waals surface area contributed by atoms with Gasteiger partial charge >= 0.3 is 0 Å². The van der Waals surface area contributed by atoms with Crippen LogP contribution in [0, 0.1) is 0 Å². The zero-order chi connectivity index (χ0) is 15.5. The lowest BCUT2D eigenvalue weighted by Gasteiger charge is -2.34. The molecule has 1 saturated heterocycles. The van der Waals surface area contributed by atoms with Crippen LogP contribution in [0.25, 0.3) is 10.7 Å². The van der Waals surface area contributed by atoms with Crippen molar-refractivity contribution in [3.8, 4) is 10.7 Å². The van der Waals surface area contributed by atoms with Gasteiger partial charge in [0.1, 0.15) is 0 Å². The average molecular weight is 358 g/mol. The molecule has 0 saturated carbocycles. The SMILES string of the molecule is CC(N)C(=O)N1CCN(Cc2nc(-c3cccs3)no2)CC1.Cl. The lowest BCUT2D eigenvalue weighted by molar-refractivity contribution is -0.134. The Balaban J connectivity index is 0.00000192. The summed E-state index contributed by atoms with van der Waals surface area (Å²) in [5.41, 5.74) is 5.64. The van der Waals surface area contributed by atoms with E-state index in [9.17, 15) is 4.79 Å². The summed E-state index contributed by atoms with van der Waals surface area (Å²) >= 11 is 1.59. The Morgan fingerprint density at radius 2 is 2.17 bits per heavy atom. The topological polar surface area (TPSA) is 88.5 Å². The van der Waals surface area contributed by atoms with Gasteiger partial charge in [-0.2, -0.15) is 4.98 Å². The number of rotatable bonds is 4. The third kappa shape index (κ3) is 4.29. The molecule has 1 unspecified atom stereocenters. The molecule has 0 radical (unpaired) electrons.